The van der Waals surface area contributed by atoms with Gasteiger partial charge in [-0.15, -0.1) is 0 Å². The number of nitrogens with zero attached hydrogens (tertiary/aromatic N) is 2. The van der Waals surface area contributed by atoms with Crippen molar-refractivity contribution in [3.8, 4) is 11.1 Å². The van der Waals surface area contributed by atoms with E-state index in [0.29, 0.717) is 3.63 Å². The molecular weight excluding hydrogens is 611 g/mol. The van der Waals surface area contributed by atoms with E-state index in [4.69, 9.17) is 0 Å². The molecule has 2 aliphatic carbocycles. The Kier molecular flexibility index (Phi) is 9.73. The third-order valence-corrected chi connectivity index (χ3v) is 16.1. The Bertz CT molecular complexity index is 1490. The van der Waals surface area contributed by atoms with Crippen molar-refractivity contribution in [1.82, 2.24) is 0 Å². The average molecular weight is 645 g/mol. The van der Waals surface area contributed by atoms with Crippen LogP contribution in [-0.2, 0) is 21.3 Å². The van der Waals surface area contributed by atoms with Gasteiger partial charge >= 0.3 is 236 Å². The summed E-state index contributed by atoms with van der Waals surface area (Å²) in [5.41, 5.74) is 11.1. The standard InChI is InChI=1S/C17H19N2.C13H10.C5H5.2ClH.Zr/c1-18(2)14-7-5-12-9-13-6-8-15(19(3)4)11-17(13)16(12)10-14;1-3-7-12(8-4-1)11-13-9-5-2-6-10-13;1-2-4-5-3-1;;;/h5-11H,1-4H3;1-10H;1-3H,4H2;2*1H;/q;;;;;+2/p-2. The van der Waals surface area contributed by atoms with Crippen molar-refractivity contribution in [3.05, 3.63) is 141 Å². The van der Waals surface area contributed by atoms with Gasteiger partial charge in [-0.05, 0) is 0 Å². The number of rotatable bonds is 6. The first-order valence-electron chi connectivity index (χ1n) is 13.4. The Hall–Kier alpha value is -2.71. The third kappa shape index (κ3) is 5.57. The van der Waals surface area contributed by atoms with Gasteiger partial charge in [-0.25, -0.2) is 0 Å². The van der Waals surface area contributed by atoms with E-state index >= 15 is 0 Å². The molecule has 0 fully saturated rings. The summed E-state index contributed by atoms with van der Waals surface area (Å²) in [6, 6.07) is 36.7. The van der Waals surface area contributed by atoms with Crippen LogP contribution in [0, 0.1) is 0 Å². The van der Waals surface area contributed by atoms with E-state index in [1.165, 1.54) is 44.8 Å². The van der Waals surface area contributed by atoms with E-state index in [2.05, 4.69) is 153 Å². The van der Waals surface area contributed by atoms with Crippen molar-refractivity contribution in [2.45, 2.75) is 10.0 Å². The van der Waals surface area contributed by atoms with Crippen LogP contribution >= 0.6 is 0 Å². The number of anilines is 2. The molecule has 0 unspecified atom stereocenters. The summed E-state index contributed by atoms with van der Waals surface area (Å²) in [5.74, 6) is 0. The van der Waals surface area contributed by atoms with Gasteiger partial charge in [0.25, 0.3) is 0 Å². The van der Waals surface area contributed by atoms with Crippen LogP contribution in [0.1, 0.15) is 32.3 Å². The number of halogens is 2. The van der Waals surface area contributed by atoms with Crippen LogP contribution in [0.5, 0.6) is 0 Å². The van der Waals surface area contributed by atoms with Gasteiger partial charge in [-0.3, -0.25) is 0 Å². The van der Waals surface area contributed by atoms with Gasteiger partial charge < -0.3 is 24.8 Å². The van der Waals surface area contributed by atoms with Crippen molar-refractivity contribution in [3.63, 3.8) is 0 Å². The van der Waals surface area contributed by atoms with Crippen LogP contribution in [0.4, 0.5) is 11.4 Å². The maximum Gasteiger partial charge on any atom is -1.00 e. The van der Waals surface area contributed by atoms with E-state index in [9.17, 15) is 0 Å². The molecule has 0 bridgehead atoms. The summed E-state index contributed by atoms with van der Waals surface area (Å²) < 4.78 is 3.70. The van der Waals surface area contributed by atoms with Crippen molar-refractivity contribution in [2.75, 3.05) is 38.0 Å². The van der Waals surface area contributed by atoms with Crippen LogP contribution in [0.3, 0.4) is 0 Å². The average Bonchev–Trinajstić information content (AvgIpc) is 3.59. The topological polar surface area (TPSA) is 6.48 Å². The zero-order chi connectivity index (χ0) is 26.2. The molecule has 0 amide bonds. The van der Waals surface area contributed by atoms with Crippen LogP contribution in [0.2, 0.25) is 0 Å². The number of fused-ring (bicyclic) bond motifs is 3. The number of allylic oxidation sites excluding steroid dienone is 4. The molecule has 4 aromatic rings. The smallest absolute Gasteiger partial charge is 1.00 e. The zero-order valence-corrected chi connectivity index (χ0v) is 27.4. The molecule has 4 aromatic carbocycles. The third-order valence-electron chi connectivity index (χ3n) is 7.82. The largest absolute Gasteiger partial charge is 1.00 e. The molecule has 40 heavy (non-hydrogen) atoms. The molecule has 5 heteroatoms. The fourth-order valence-corrected chi connectivity index (χ4v) is 15.0. The fraction of sp³-hybridized carbons (Fsp3) is 0.171. The number of hydrogen-bond acceptors (Lipinski definition) is 2. The first-order chi connectivity index (χ1) is 18.5. The minimum atomic E-state index is -2.60. The van der Waals surface area contributed by atoms with Crippen molar-refractivity contribution >= 4 is 14.6 Å². The van der Waals surface area contributed by atoms with Crippen LogP contribution < -0.4 is 34.6 Å². The zero-order valence-electron chi connectivity index (χ0n) is 23.4. The van der Waals surface area contributed by atoms with Crippen LogP contribution in [-0.4, -0.2) is 31.4 Å². The molecule has 0 aliphatic heterocycles. The molecule has 0 radical (unpaired) electrons. The molecule has 0 heterocycles. The normalized spacial score (nSPS) is 12.7. The Balaban J connectivity index is 0.00000185. The van der Waals surface area contributed by atoms with E-state index in [1.54, 1.807) is 6.49 Å². The van der Waals surface area contributed by atoms with Gasteiger partial charge in [0, 0.05) is 0 Å². The Labute approximate surface area is 259 Å². The van der Waals surface area contributed by atoms with Gasteiger partial charge in [0.15, 0.2) is 0 Å². The summed E-state index contributed by atoms with van der Waals surface area (Å²) in [6.45, 7) is 0. The number of benzene rings is 4. The molecule has 0 spiro atoms. The summed E-state index contributed by atoms with van der Waals surface area (Å²) in [7, 11) is 8.55. The van der Waals surface area contributed by atoms with Gasteiger partial charge in [0.1, 0.15) is 0 Å². The first kappa shape index (κ1) is 30.3. The molecule has 2 aliphatic rings. The van der Waals surface area contributed by atoms with E-state index < -0.39 is 21.3 Å². The van der Waals surface area contributed by atoms with Crippen LogP contribution in [0.15, 0.2) is 119 Å². The molecule has 202 valence electrons. The fourth-order valence-electron chi connectivity index (χ4n) is 5.92. The summed E-state index contributed by atoms with van der Waals surface area (Å²) in [6.07, 6.45) is 8.15. The van der Waals surface area contributed by atoms with Gasteiger partial charge in [-0.2, -0.15) is 0 Å². The summed E-state index contributed by atoms with van der Waals surface area (Å²) in [5, 5.41) is 0. The molecule has 0 atom stereocenters. The van der Waals surface area contributed by atoms with Gasteiger partial charge in [0.05, 0.1) is 0 Å². The predicted molar refractivity (Wildman–Crippen MR) is 160 cm³/mol. The van der Waals surface area contributed by atoms with E-state index in [1.807, 2.05) is 0 Å². The quantitative estimate of drug-likeness (QED) is 0.315. The molecular formula is C35H34Cl2N2Zr. The van der Waals surface area contributed by atoms with Crippen molar-refractivity contribution in [2.24, 2.45) is 0 Å². The molecule has 0 saturated carbocycles. The number of hydrogen-bond donors (Lipinski definition) is 0. The molecule has 0 saturated heterocycles. The second kappa shape index (κ2) is 12.9. The molecule has 0 N–H and O–H groups in total. The van der Waals surface area contributed by atoms with Crippen LogP contribution in [0.25, 0.3) is 11.1 Å². The van der Waals surface area contributed by atoms with Crippen molar-refractivity contribution in [1.29, 1.82) is 0 Å². The second-order valence-corrected chi connectivity index (χ2v) is 16.9. The SMILES string of the molecule is CN(C)c1ccc2c(c1)-c1cc(N(C)C)ccc1[CH]2[Zr+2]([C]1=CC=CC1)=[C](c1ccccc1)c1ccccc1.[Cl-].[Cl-]. The summed E-state index contributed by atoms with van der Waals surface area (Å²) >= 11 is -2.60. The molecule has 0 aromatic heterocycles. The van der Waals surface area contributed by atoms with Crippen molar-refractivity contribution < 1.29 is 46.1 Å². The molecule has 6 rings (SSSR count). The monoisotopic (exact) mass is 642 g/mol. The minimum absolute atomic E-state index is 0. The van der Waals surface area contributed by atoms with Gasteiger partial charge in [0.2, 0.25) is 0 Å². The maximum atomic E-state index is 2.45. The Morgan fingerprint density at radius 3 is 1.52 bits per heavy atom. The first-order valence-corrected chi connectivity index (χ1v) is 17.2. The van der Waals surface area contributed by atoms with E-state index in [-0.39, 0.29) is 24.8 Å². The maximum absolute atomic E-state index is 2.60. The predicted octanol–water partition coefficient (Wildman–Crippen LogP) is 1.63. The van der Waals surface area contributed by atoms with Gasteiger partial charge in [-0.1, -0.05) is 0 Å². The van der Waals surface area contributed by atoms with E-state index in [0.717, 1.165) is 6.42 Å². The summed E-state index contributed by atoms with van der Waals surface area (Å²) in [4.78, 5) is 4.44. The Morgan fingerprint density at radius 1 is 0.650 bits per heavy atom. The molecule has 2 nitrogen and oxygen atoms in total. The second-order valence-electron chi connectivity index (χ2n) is 10.6. The minimum Gasteiger partial charge on any atom is -1.00 e. The Morgan fingerprint density at radius 2 is 1.12 bits per heavy atom.